The highest BCUT2D eigenvalue weighted by molar-refractivity contribution is 7.18. The number of benzene rings is 3. The zero-order chi connectivity index (χ0) is 28.6. The summed E-state index contributed by atoms with van der Waals surface area (Å²) in [6, 6.07) is 16.7. The molecule has 5 rings (SSSR count). The number of rotatable bonds is 6. The summed E-state index contributed by atoms with van der Waals surface area (Å²) in [4.78, 5) is 26.6. The van der Waals surface area contributed by atoms with Gasteiger partial charge in [0.05, 0.1) is 24.6 Å². The van der Waals surface area contributed by atoms with Gasteiger partial charge in [-0.15, -0.1) is 10.2 Å². The van der Waals surface area contributed by atoms with Gasteiger partial charge in [0.2, 0.25) is 11.0 Å². The molecule has 2 heterocycles. The highest BCUT2D eigenvalue weighted by atomic mass is 35.5. The van der Waals surface area contributed by atoms with Gasteiger partial charge < -0.3 is 10.1 Å². The van der Waals surface area contributed by atoms with Crippen LogP contribution in [-0.2, 0) is 17.4 Å². The van der Waals surface area contributed by atoms with E-state index in [1.54, 1.807) is 49.4 Å². The minimum atomic E-state index is -4.57. The number of hydrogen-bond acceptors (Lipinski definition) is 6. The van der Waals surface area contributed by atoms with E-state index in [2.05, 4.69) is 15.5 Å². The predicted octanol–water partition coefficient (Wildman–Crippen LogP) is 7.02. The Morgan fingerprint density at radius 3 is 2.48 bits per heavy atom. The lowest BCUT2D eigenvalue weighted by Gasteiger charge is -2.09. The third kappa shape index (κ3) is 5.30. The fraction of sp³-hybridized carbons (Fsp3) is 0.143. The van der Waals surface area contributed by atoms with Crippen LogP contribution in [0.25, 0.3) is 21.5 Å². The van der Waals surface area contributed by atoms with Crippen molar-refractivity contribution in [2.45, 2.75) is 19.5 Å². The molecule has 0 fully saturated rings. The Hall–Kier alpha value is -4.22. The van der Waals surface area contributed by atoms with E-state index in [0.29, 0.717) is 38.5 Å². The van der Waals surface area contributed by atoms with Crippen LogP contribution in [0.1, 0.15) is 27.2 Å². The number of nitrogens with one attached hydrogen (secondary N) is 1. The third-order valence-corrected chi connectivity index (χ3v) is 7.43. The number of anilines is 1. The molecular weight excluding hydrogens is 565 g/mol. The van der Waals surface area contributed by atoms with Crippen LogP contribution in [0.4, 0.5) is 18.3 Å². The summed E-state index contributed by atoms with van der Waals surface area (Å²) >= 11 is 6.81. The number of ether oxygens (including phenoxy) is 1. The number of fused-ring (bicyclic) bond motifs is 1. The average molecular weight is 585 g/mol. The van der Waals surface area contributed by atoms with Gasteiger partial charge in [-0.25, -0.2) is 0 Å². The molecular formula is C28H20ClF3N4O3S. The quantitative estimate of drug-likeness (QED) is 0.232. The van der Waals surface area contributed by atoms with E-state index >= 15 is 0 Å². The van der Waals surface area contributed by atoms with E-state index in [4.69, 9.17) is 16.3 Å². The molecule has 0 aliphatic carbocycles. The molecule has 0 spiro atoms. The number of carbonyl (C=O) groups excluding carboxylic acids is 2. The lowest BCUT2D eigenvalue weighted by molar-refractivity contribution is -0.137. The smallest absolute Gasteiger partial charge is 0.417 e. The lowest BCUT2D eigenvalue weighted by Crippen LogP contribution is -2.16. The first-order valence-electron chi connectivity index (χ1n) is 11.8. The first-order chi connectivity index (χ1) is 19.1. The molecule has 0 saturated heterocycles. The third-order valence-electron chi connectivity index (χ3n) is 6.31. The van der Waals surface area contributed by atoms with Gasteiger partial charge in [-0.05, 0) is 61.0 Å². The molecule has 0 unspecified atom stereocenters. The van der Waals surface area contributed by atoms with Crippen LogP contribution in [0, 0.1) is 6.92 Å². The Morgan fingerprint density at radius 1 is 1.05 bits per heavy atom. The molecule has 204 valence electrons. The maximum atomic E-state index is 13.5. The molecule has 12 heteroatoms. The van der Waals surface area contributed by atoms with Gasteiger partial charge in [0.15, 0.2) is 0 Å². The summed E-state index contributed by atoms with van der Waals surface area (Å²) in [6.45, 7) is 1.74. The maximum Gasteiger partial charge on any atom is 0.417 e. The van der Waals surface area contributed by atoms with E-state index in [1.165, 1.54) is 29.9 Å². The Morgan fingerprint density at radius 2 is 1.77 bits per heavy atom. The highest BCUT2D eigenvalue weighted by Gasteiger charge is 2.34. The van der Waals surface area contributed by atoms with Crippen molar-refractivity contribution in [3.63, 3.8) is 0 Å². The second-order valence-corrected chi connectivity index (χ2v) is 10.2. The summed E-state index contributed by atoms with van der Waals surface area (Å²) in [5.74, 6) is -0.230. The van der Waals surface area contributed by atoms with Crippen molar-refractivity contribution in [2.75, 3.05) is 12.4 Å². The molecule has 0 atom stereocenters. The first-order valence-corrected chi connectivity index (χ1v) is 13.0. The normalized spacial score (nSPS) is 11.6. The Kier molecular flexibility index (Phi) is 7.35. The molecule has 5 aromatic rings. The summed E-state index contributed by atoms with van der Waals surface area (Å²) in [5.41, 5.74) is 1.17. The van der Waals surface area contributed by atoms with Crippen LogP contribution in [0.3, 0.4) is 0 Å². The lowest BCUT2D eigenvalue weighted by atomic mass is 10.1. The first kappa shape index (κ1) is 27.4. The number of alkyl halides is 3. The molecule has 2 aromatic heterocycles. The predicted molar refractivity (Wildman–Crippen MR) is 147 cm³/mol. The monoisotopic (exact) mass is 584 g/mol. The largest absolute Gasteiger partial charge is 0.497 e. The zero-order valence-corrected chi connectivity index (χ0v) is 22.6. The van der Waals surface area contributed by atoms with E-state index in [1.807, 2.05) is 0 Å². The minimum Gasteiger partial charge on any atom is -0.497 e. The Labute approximate surface area is 235 Å². The number of halogens is 4. The van der Waals surface area contributed by atoms with Crippen LogP contribution in [0.2, 0.25) is 5.02 Å². The molecule has 3 aromatic carbocycles. The summed E-state index contributed by atoms with van der Waals surface area (Å²) in [7, 11) is 1.51. The maximum absolute atomic E-state index is 13.5. The standard InChI is InChI=1S/C28H20ClF3N4O3S/c1-15-20(14-24(37)33-27-35-34-25(40-27)19-5-3-4-6-22(19)28(30,31)32)21-13-18(39-2)11-12-23(21)36(15)26(38)16-7-9-17(29)10-8-16/h3-13H,14H2,1-2H3,(H,33,35,37). The molecule has 0 saturated carbocycles. The number of hydrogen-bond donors (Lipinski definition) is 1. The molecule has 7 nitrogen and oxygen atoms in total. The number of carbonyl (C=O) groups is 2. The van der Waals surface area contributed by atoms with Crippen molar-refractivity contribution < 1.29 is 27.5 Å². The average Bonchev–Trinajstić information content (AvgIpc) is 3.50. The number of methoxy groups -OCH3 is 1. The highest BCUT2D eigenvalue weighted by Crippen LogP contribution is 2.38. The second-order valence-electron chi connectivity index (χ2n) is 8.78. The molecule has 1 N–H and O–H groups in total. The van der Waals surface area contributed by atoms with Crippen LogP contribution >= 0.6 is 22.9 Å². The van der Waals surface area contributed by atoms with E-state index in [0.717, 1.165) is 17.4 Å². The van der Waals surface area contributed by atoms with Gasteiger partial charge in [0.1, 0.15) is 10.8 Å². The number of amides is 1. The van der Waals surface area contributed by atoms with Gasteiger partial charge in [-0.2, -0.15) is 13.2 Å². The number of aromatic nitrogens is 3. The fourth-order valence-electron chi connectivity index (χ4n) is 4.42. The van der Waals surface area contributed by atoms with Crippen molar-refractivity contribution in [3.05, 3.63) is 94.1 Å². The number of nitrogens with zero attached hydrogens (tertiary/aromatic N) is 3. The molecule has 0 radical (unpaired) electrons. The Bertz CT molecular complexity index is 1750. The van der Waals surface area contributed by atoms with Crippen LogP contribution in [-0.4, -0.2) is 33.7 Å². The van der Waals surface area contributed by atoms with Crippen molar-refractivity contribution in [1.29, 1.82) is 0 Å². The van der Waals surface area contributed by atoms with Crippen molar-refractivity contribution >= 4 is 50.8 Å². The van der Waals surface area contributed by atoms with Crippen LogP contribution < -0.4 is 10.1 Å². The zero-order valence-electron chi connectivity index (χ0n) is 21.0. The van der Waals surface area contributed by atoms with Gasteiger partial charge >= 0.3 is 6.18 Å². The summed E-state index contributed by atoms with van der Waals surface area (Å²) in [6.07, 6.45) is -4.70. The van der Waals surface area contributed by atoms with Gasteiger partial charge in [-0.1, -0.05) is 41.1 Å². The molecule has 0 aliphatic rings. The second kappa shape index (κ2) is 10.7. The van der Waals surface area contributed by atoms with Gasteiger partial charge in [-0.3, -0.25) is 14.2 Å². The van der Waals surface area contributed by atoms with E-state index in [-0.39, 0.29) is 28.0 Å². The van der Waals surface area contributed by atoms with Crippen molar-refractivity contribution in [3.8, 4) is 16.3 Å². The van der Waals surface area contributed by atoms with E-state index < -0.39 is 17.6 Å². The van der Waals surface area contributed by atoms with Crippen LogP contribution in [0.15, 0.2) is 66.7 Å². The molecule has 0 bridgehead atoms. The van der Waals surface area contributed by atoms with Crippen molar-refractivity contribution in [1.82, 2.24) is 14.8 Å². The summed E-state index contributed by atoms with van der Waals surface area (Å²) in [5, 5.41) is 11.6. The minimum absolute atomic E-state index is 0.0225. The topological polar surface area (TPSA) is 86.1 Å². The summed E-state index contributed by atoms with van der Waals surface area (Å²) < 4.78 is 47.2. The Balaban J connectivity index is 1.45. The SMILES string of the molecule is COc1ccc2c(c1)c(CC(=O)Nc1nnc(-c3ccccc3C(F)(F)F)s1)c(C)n2C(=O)c1ccc(Cl)cc1. The van der Waals surface area contributed by atoms with Crippen molar-refractivity contribution in [2.24, 2.45) is 0 Å². The van der Waals surface area contributed by atoms with Gasteiger partial charge in [0, 0.05) is 27.2 Å². The fourth-order valence-corrected chi connectivity index (χ4v) is 5.34. The van der Waals surface area contributed by atoms with E-state index in [9.17, 15) is 22.8 Å². The molecule has 40 heavy (non-hydrogen) atoms. The van der Waals surface area contributed by atoms with Crippen LogP contribution in [0.5, 0.6) is 5.75 Å². The molecule has 0 aliphatic heterocycles. The van der Waals surface area contributed by atoms with Gasteiger partial charge in [0.25, 0.3) is 5.91 Å². The molecule has 1 amide bonds.